The number of amides is 1. The summed E-state index contributed by atoms with van der Waals surface area (Å²) in [5, 5.41) is 26.7. The van der Waals surface area contributed by atoms with Gasteiger partial charge in [0.1, 0.15) is 11.5 Å². The van der Waals surface area contributed by atoms with Gasteiger partial charge in [0.2, 0.25) is 5.91 Å². The fourth-order valence-electron chi connectivity index (χ4n) is 6.13. The molecule has 2 aromatic heterocycles. The van der Waals surface area contributed by atoms with Crippen molar-refractivity contribution < 1.29 is 14.4 Å². The number of phenolic OH excluding ortho intramolecular Hbond substituents is 1. The van der Waals surface area contributed by atoms with Crippen molar-refractivity contribution >= 4 is 11.7 Å². The number of fused-ring (bicyclic) bond motifs is 1. The molecule has 0 radical (unpaired) electrons. The summed E-state index contributed by atoms with van der Waals surface area (Å²) >= 11 is 0. The molecule has 2 fully saturated rings. The van der Waals surface area contributed by atoms with Crippen LogP contribution >= 0.6 is 0 Å². The normalized spacial score (nSPS) is 23.5. The summed E-state index contributed by atoms with van der Waals surface area (Å²) < 4.78 is 5.53. The van der Waals surface area contributed by atoms with Crippen LogP contribution in [-0.4, -0.2) is 49.9 Å². The van der Waals surface area contributed by atoms with E-state index in [9.17, 15) is 9.90 Å². The van der Waals surface area contributed by atoms with Gasteiger partial charge in [0, 0.05) is 54.1 Å². The van der Waals surface area contributed by atoms with E-state index in [0.29, 0.717) is 23.1 Å². The van der Waals surface area contributed by atoms with Gasteiger partial charge in [-0.15, -0.1) is 10.2 Å². The first-order valence-corrected chi connectivity index (χ1v) is 13.1. The van der Waals surface area contributed by atoms with Gasteiger partial charge >= 0.3 is 0 Å². The predicted octanol–water partition coefficient (Wildman–Crippen LogP) is 4.56. The van der Waals surface area contributed by atoms with E-state index in [-0.39, 0.29) is 23.1 Å². The smallest absolute Gasteiger partial charge is 0.225 e. The van der Waals surface area contributed by atoms with E-state index in [1.807, 2.05) is 23.1 Å². The Kier molecular flexibility index (Phi) is 5.69. The molecule has 3 aliphatic rings. The highest BCUT2D eigenvalue weighted by atomic mass is 16.5. The minimum absolute atomic E-state index is 0.0543. The van der Waals surface area contributed by atoms with Crippen LogP contribution in [0.5, 0.6) is 5.75 Å². The quantitative estimate of drug-likeness (QED) is 0.544. The maximum Gasteiger partial charge on any atom is 0.225 e. The van der Waals surface area contributed by atoms with Gasteiger partial charge in [0.15, 0.2) is 5.82 Å². The molecule has 1 saturated heterocycles. The first-order chi connectivity index (χ1) is 17.4. The molecule has 8 heteroatoms. The molecule has 1 spiro atoms. The lowest BCUT2D eigenvalue weighted by Gasteiger charge is -2.46. The number of carbonyl (C=O) groups excluding carboxylic acids is 1. The Bertz CT molecular complexity index is 1270. The van der Waals surface area contributed by atoms with Crippen LogP contribution < -0.4 is 5.32 Å². The standard InChI is InChI=1S/C28H33N5O3/c1-17(2)11-21-13-23(32-36-21)18-7-9-33(10-8-18)27(35)20-15-28(16-20)14-19-12-24(30-31-26(19)29-28)22-5-3-4-6-25(22)34/h3-6,12-13,17-18,20,34H,7-11,14-16H2,1-2H3,(H,29,31)/t20-,28+. The van der Waals surface area contributed by atoms with Crippen molar-refractivity contribution in [2.45, 2.75) is 63.8 Å². The Hall–Kier alpha value is -3.42. The predicted molar refractivity (Wildman–Crippen MR) is 136 cm³/mol. The van der Waals surface area contributed by atoms with Crippen molar-refractivity contribution in [1.29, 1.82) is 0 Å². The number of anilines is 1. The summed E-state index contributed by atoms with van der Waals surface area (Å²) in [6.45, 7) is 5.92. The van der Waals surface area contributed by atoms with E-state index in [0.717, 1.165) is 74.4 Å². The number of carbonyl (C=O) groups is 1. The summed E-state index contributed by atoms with van der Waals surface area (Å²) in [5.74, 6) is 3.20. The number of nitrogens with zero attached hydrogens (tertiary/aromatic N) is 4. The zero-order valence-electron chi connectivity index (χ0n) is 20.9. The van der Waals surface area contributed by atoms with Gasteiger partial charge in [-0.25, -0.2) is 0 Å². The summed E-state index contributed by atoms with van der Waals surface area (Å²) in [7, 11) is 0. The molecular weight excluding hydrogens is 454 g/mol. The van der Waals surface area contributed by atoms with Crippen LogP contribution in [-0.2, 0) is 17.6 Å². The van der Waals surface area contributed by atoms with E-state index in [2.05, 4.69) is 40.6 Å². The fraction of sp³-hybridized carbons (Fsp3) is 0.500. The second kappa shape index (κ2) is 8.91. The molecule has 6 rings (SSSR count). The number of piperidine rings is 1. The van der Waals surface area contributed by atoms with Crippen molar-refractivity contribution in [3.05, 3.63) is 53.4 Å². The van der Waals surface area contributed by atoms with Crippen LogP contribution in [0.3, 0.4) is 0 Å². The first-order valence-electron chi connectivity index (χ1n) is 13.1. The summed E-state index contributed by atoms with van der Waals surface area (Å²) in [6.07, 6.45) is 5.24. The third-order valence-electron chi connectivity index (χ3n) is 8.00. The van der Waals surface area contributed by atoms with Gasteiger partial charge in [0.25, 0.3) is 0 Å². The molecule has 8 nitrogen and oxygen atoms in total. The number of para-hydroxylation sites is 1. The Morgan fingerprint density at radius 2 is 1.97 bits per heavy atom. The summed E-state index contributed by atoms with van der Waals surface area (Å²) in [4.78, 5) is 15.3. The van der Waals surface area contributed by atoms with Gasteiger partial charge in [0.05, 0.1) is 11.4 Å². The number of nitrogens with one attached hydrogen (secondary N) is 1. The van der Waals surface area contributed by atoms with Crippen LogP contribution in [0.4, 0.5) is 5.82 Å². The number of aromatic hydroxyl groups is 1. The molecule has 4 heterocycles. The number of rotatable bonds is 5. The number of hydrogen-bond acceptors (Lipinski definition) is 7. The van der Waals surface area contributed by atoms with E-state index < -0.39 is 0 Å². The molecule has 0 bridgehead atoms. The van der Waals surface area contributed by atoms with Crippen molar-refractivity contribution in [3.63, 3.8) is 0 Å². The van der Waals surface area contributed by atoms with E-state index in [4.69, 9.17) is 4.52 Å². The van der Waals surface area contributed by atoms with Gasteiger partial charge in [-0.1, -0.05) is 31.1 Å². The Balaban J connectivity index is 1.03. The molecule has 36 heavy (non-hydrogen) atoms. The second-order valence-corrected chi connectivity index (χ2v) is 11.2. The van der Waals surface area contributed by atoms with Crippen molar-refractivity contribution in [1.82, 2.24) is 20.3 Å². The van der Waals surface area contributed by atoms with Crippen LogP contribution in [0.25, 0.3) is 11.3 Å². The third-order valence-corrected chi connectivity index (χ3v) is 8.00. The Labute approximate surface area is 211 Å². The zero-order valence-corrected chi connectivity index (χ0v) is 20.9. The number of phenols is 1. The minimum atomic E-state index is -0.111. The minimum Gasteiger partial charge on any atom is -0.507 e. The largest absolute Gasteiger partial charge is 0.507 e. The average molecular weight is 488 g/mol. The van der Waals surface area contributed by atoms with Crippen LogP contribution in [0.15, 0.2) is 40.9 Å². The molecule has 1 aliphatic carbocycles. The fourth-order valence-corrected chi connectivity index (χ4v) is 6.13. The molecule has 2 aliphatic heterocycles. The van der Waals surface area contributed by atoms with Crippen LogP contribution in [0.2, 0.25) is 0 Å². The lowest BCUT2D eigenvalue weighted by atomic mass is 9.66. The van der Waals surface area contributed by atoms with E-state index >= 15 is 0 Å². The van der Waals surface area contributed by atoms with Crippen LogP contribution in [0, 0.1) is 11.8 Å². The van der Waals surface area contributed by atoms with E-state index in [1.165, 1.54) is 0 Å². The van der Waals surface area contributed by atoms with Crippen molar-refractivity contribution in [2.75, 3.05) is 18.4 Å². The third kappa shape index (κ3) is 4.22. The monoisotopic (exact) mass is 487 g/mol. The van der Waals surface area contributed by atoms with Gasteiger partial charge in [-0.05, 0) is 56.2 Å². The van der Waals surface area contributed by atoms with E-state index in [1.54, 1.807) is 12.1 Å². The van der Waals surface area contributed by atoms with Gasteiger partial charge in [-0.3, -0.25) is 4.79 Å². The average Bonchev–Trinajstić information content (AvgIpc) is 3.47. The second-order valence-electron chi connectivity index (χ2n) is 11.2. The van der Waals surface area contributed by atoms with Gasteiger partial charge in [-0.2, -0.15) is 0 Å². The van der Waals surface area contributed by atoms with Crippen molar-refractivity contribution in [3.8, 4) is 17.0 Å². The molecule has 3 aromatic rings. The topological polar surface area (TPSA) is 104 Å². The molecule has 1 saturated carbocycles. The lowest BCUT2D eigenvalue weighted by Crippen LogP contribution is -2.55. The molecule has 188 valence electrons. The molecule has 0 atom stereocenters. The summed E-state index contributed by atoms with van der Waals surface area (Å²) in [6, 6.07) is 11.3. The molecule has 2 N–H and O–H groups in total. The molecule has 0 unspecified atom stereocenters. The lowest BCUT2D eigenvalue weighted by molar-refractivity contribution is -0.141. The molecule has 1 aromatic carbocycles. The number of benzene rings is 1. The highest BCUT2D eigenvalue weighted by molar-refractivity contribution is 5.81. The maximum absolute atomic E-state index is 13.2. The molecular formula is C28H33N5O3. The maximum atomic E-state index is 13.2. The first kappa shape index (κ1) is 23.0. The zero-order chi connectivity index (χ0) is 24.9. The van der Waals surface area contributed by atoms with Crippen molar-refractivity contribution in [2.24, 2.45) is 11.8 Å². The highest BCUT2D eigenvalue weighted by Gasteiger charge is 2.52. The van der Waals surface area contributed by atoms with Crippen LogP contribution in [0.1, 0.15) is 62.5 Å². The number of hydrogen-bond donors (Lipinski definition) is 2. The Morgan fingerprint density at radius 3 is 2.72 bits per heavy atom. The SMILES string of the molecule is CC(C)Cc1cc(C2CCN(C(=O)[C@H]3C[C@]4(Cc5cc(-c6ccccc6O)nnc5N4)C3)CC2)no1. The number of aromatic nitrogens is 3. The number of likely N-dealkylation sites (tertiary alicyclic amines) is 1. The van der Waals surface area contributed by atoms with Gasteiger partial charge < -0.3 is 19.8 Å². The Morgan fingerprint density at radius 1 is 1.19 bits per heavy atom. The molecule has 1 amide bonds. The highest BCUT2D eigenvalue weighted by Crippen LogP contribution is 2.48. The summed E-state index contributed by atoms with van der Waals surface area (Å²) in [5.41, 5.74) is 3.38.